The van der Waals surface area contributed by atoms with Crippen LogP contribution in [0.5, 0.6) is 0 Å². The number of hydrogen-bond donors (Lipinski definition) is 1. The largest absolute Gasteiger partial charge is 0.345 e. The van der Waals surface area contributed by atoms with Crippen molar-refractivity contribution in [1.82, 2.24) is 10.2 Å². The third-order valence-corrected chi connectivity index (χ3v) is 3.03. The Labute approximate surface area is 84.7 Å². The van der Waals surface area contributed by atoms with Crippen LogP contribution in [0.2, 0.25) is 0 Å². The minimum Gasteiger partial charge on any atom is -0.345 e. The molecule has 1 rings (SSSR count). The monoisotopic (exact) mass is 198 g/mol. The van der Waals surface area contributed by atoms with E-state index in [9.17, 15) is 9.59 Å². The Morgan fingerprint density at radius 2 is 2.07 bits per heavy atom. The van der Waals surface area contributed by atoms with Gasteiger partial charge in [0.2, 0.25) is 11.8 Å². The summed E-state index contributed by atoms with van der Waals surface area (Å²) in [6.07, 6.45) is 1.02. The van der Waals surface area contributed by atoms with Crippen LogP contribution in [-0.2, 0) is 9.59 Å². The fraction of sp³-hybridized carbons (Fsp3) is 0.800. The lowest BCUT2D eigenvalue weighted by molar-refractivity contribution is -0.143. The molecule has 0 aromatic heterocycles. The van der Waals surface area contributed by atoms with Crippen molar-refractivity contribution in [2.75, 3.05) is 13.1 Å². The molecule has 1 N–H and O–H groups in total. The molecule has 2 amide bonds. The summed E-state index contributed by atoms with van der Waals surface area (Å²) < 4.78 is 0. The number of hydrogen-bond acceptors (Lipinski definition) is 2. The van der Waals surface area contributed by atoms with E-state index in [-0.39, 0.29) is 30.9 Å². The smallest absolute Gasteiger partial charge is 0.242 e. The Bertz CT molecular complexity index is 240. The number of rotatable bonds is 3. The molecule has 2 unspecified atom stereocenters. The van der Waals surface area contributed by atoms with Gasteiger partial charge in [0, 0.05) is 6.04 Å². The fourth-order valence-electron chi connectivity index (χ4n) is 1.59. The molecular formula is C10H18N2O2. The Morgan fingerprint density at radius 1 is 1.43 bits per heavy atom. The normalized spacial score (nSPS) is 21.8. The molecule has 1 aliphatic heterocycles. The van der Waals surface area contributed by atoms with Crippen LogP contribution >= 0.6 is 0 Å². The zero-order chi connectivity index (χ0) is 10.7. The zero-order valence-electron chi connectivity index (χ0n) is 9.04. The van der Waals surface area contributed by atoms with Crippen LogP contribution in [0, 0.1) is 5.92 Å². The van der Waals surface area contributed by atoms with Crippen molar-refractivity contribution in [3.8, 4) is 0 Å². The van der Waals surface area contributed by atoms with E-state index in [2.05, 4.69) is 19.2 Å². The van der Waals surface area contributed by atoms with E-state index in [1.165, 1.54) is 0 Å². The van der Waals surface area contributed by atoms with E-state index >= 15 is 0 Å². The van der Waals surface area contributed by atoms with Crippen LogP contribution in [0.25, 0.3) is 0 Å². The molecule has 0 aliphatic carbocycles. The molecule has 0 saturated carbocycles. The average molecular weight is 198 g/mol. The van der Waals surface area contributed by atoms with Gasteiger partial charge in [-0.1, -0.05) is 20.3 Å². The molecule has 1 aliphatic rings. The average Bonchev–Trinajstić information content (AvgIpc) is 2.19. The first kappa shape index (κ1) is 11.0. The van der Waals surface area contributed by atoms with Gasteiger partial charge < -0.3 is 10.2 Å². The molecule has 1 fully saturated rings. The number of carbonyl (C=O) groups is 2. The number of amides is 2. The Morgan fingerprint density at radius 3 is 2.64 bits per heavy atom. The van der Waals surface area contributed by atoms with Crippen molar-refractivity contribution < 1.29 is 9.59 Å². The van der Waals surface area contributed by atoms with Gasteiger partial charge in [0.15, 0.2) is 0 Å². The van der Waals surface area contributed by atoms with Crippen LogP contribution in [0.4, 0.5) is 0 Å². The van der Waals surface area contributed by atoms with Gasteiger partial charge in [-0.05, 0) is 12.8 Å². The lowest BCUT2D eigenvalue weighted by Crippen LogP contribution is -2.55. The molecule has 14 heavy (non-hydrogen) atoms. The lowest BCUT2D eigenvalue weighted by atomic mass is 9.98. The summed E-state index contributed by atoms with van der Waals surface area (Å²) in [6.45, 7) is 6.56. The fourth-order valence-corrected chi connectivity index (χ4v) is 1.59. The minimum atomic E-state index is -0.0558. The quantitative estimate of drug-likeness (QED) is 0.712. The van der Waals surface area contributed by atoms with E-state index < -0.39 is 0 Å². The first-order valence-electron chi connectivity index (χ1n) is 5.12. The molecule has 0 spiro atoms. The molecule has 0 aromatic carbocycles. The summed E-state index contributed by atoms with van der Waals surface area (Å²) in [4.78, 5) is 24.3. The highest BCUT2D eigenvalue weighted by molar-refractivity contribution is 5.92. The number of carbonyl (C=O) groups excluding carboxylic acids is 2. The van der Waals surface area contributed by atoms with Gasteiger partial charge in [-0.3, -0.25) is 9.59 Å². The second-order valence-corrected chi connectivity index (χ2v) is 3.92. The molecule has 0 radical (unpaired) electrons. The molecule has 1 heterocycles. The number of nitrogens with zero attached hydrogens (tertiary/aromatic N) is 1. The summed E-state index contributed by atoms with van der Waals surface area (Å²) in [7, 11) is 0. The van der Waals surface area contributed by atoms with Gasteiger partial charge >= 0.3 is 0 Å². The van der Waals surface area contributed by atoms with Gasteiger partial charge in [-0.15, -0.1) is 0 Å². The molecule has 0 bridgehead atoms. The molecule has 4 heteroatoms. The molecule has 80 valence electrons. The predicted octanol–water partition coefficient (Wildman–Crippen LogP) is 0.379. The van der Waals surface area contributed by atoms with Crippen molar-refractivity contribution in [3.63, 3.8) is 0 Å². The lowest BCUT2D eigenvalue weighted by Gasteiger charge is -2.35. The van der Waals surface area contributed by atoms with Crippen molar-refractivity contribution >= 4 is 11.8 Å². The topological polar surface area (TPSA) is 49.4 Å². The maximum Gasteiger partial charge on any atom is 0.242 e. The maximum absolute atomic E-state index is 11.5. The first-order valence-corrected chi connectivity index (χ1v) is 5.12. The highest BCUT2D eigenvalue weighted by atomic mass is 16.2. The molecular weight excluding hydrogens is 180 g/mol. The highest BCUT2D eigenvalue weighted by Crippen LogP contribution is 2.15. The van der Waals surface area contributed by atoms with Crippen molar-refractivity contribution in [3.05, 3.63) is 0 Å². The van der Waals surface area contributed by atoms with Gasteiger partial charge in [0.05, 0.1) is 13.1 Å². The SMILES string of the molecule is CCC(C)C(C)N1CC(=O)NCC1=O. The van der Waals surface area contributed by atoms with Crippen LogP contribution in [-0.4, -0.2) is 35.8 Å². The number of nitrogens with one attached hydrogen (secondary N) is 1. The van der Waals surface area contributed by atoms with Crippen molar-refractivity contribution in [2.24, 2.45) is 5.92 Å². The van der Waals surface area contributed by atoms with Crippen molar-refractivity contribution in [1.29, 1.82) is 0 Å². The van der Waals surface area contributed by atoms with Gasteiger partial charge in [0.1, 0.15) is 0 Å². The standard InChI is InChI=1S/C10H18N2O2/c1-4-7(2)8(3)12-6-9(13)11-5-10(12)14/h7-8H,4-6H2,1-3H3,(H,11,13). The summed E-state index contributed by atoms with van der Waals surface area (Å²) >= 11 is 0. The van der Waals surface area contributed by atoms with Crippen molar-refractivity contribution in [2.45, 2.75) is 33.2 Å². The zero-order valence-corrected chi connectivity index (χ0v) is 9.04. The van der Waals surface area contributed by atoms with Crippen LogP contribution in [0.15, 0.2) is 0 Å². The van der Waals surface area contributed by atoms with E-state index in [0.717, 1.165) is 6.42 Å². The number of piperazine rings is 1. The molecule has 2 atom stereocenters. The Balaban J connectivity index is 2.64. The second kappa shape index (κ2) is 4.44. The van der Waals surface area contributed by atoms with Crippen LogP contribution in [0.1, 0.15) is 27.2 Å². The maximum atomic E-state index is 11.5. The van der Waals surface area contributed by atoms with Crippen LogP contribution in [0.3, 0.4) is 0 Å². The summed E-state index contributed by atoms with van der Waals surface area (Å²) in [6, 6.07) is 0.151. The van der Waals surface area contributed by atoms with Gasteiger partial charge in [0.25, 0.3) is 0 Å². The Hall–Kier alpha value is -1.06. The minimum absolute atomic E-state index is 0.0254. The van der Waals surface area contributed by atoms with E-state index in [1.807, 2.05) is 6.92 Å². The molecule has 0 aromatic rings. The molecule has 4 nitrogen and oxygen atoms in total. The van der Waals surface area contributed by atoms with E-state index in [4.69, 9.17) is 0 Å². The Kier molecular flexibility index (Phi) is 3.49. The van der Waals surface area contributed by atoms with E-state index in [1.54, 1.807) is 4.90 Å². The summed E-state index contributed by atoms with van der Waals surface area (Å²) in [5, 5.41) is 2.54. The third-order valence-electron chi connectivity index (χ3n) is 3.03. The predicted molar refractivity (Wildman–Crippen MR) is 53.6 cm³/mol. The first-order chi connectivity index (χ1) is 6.56. The van der Waals surface area contributed by atoms with Gasteiger partial charge in [-0.25, -0.2) is 0 Å². The summed E-state index contributed by atoms with van der Waals surface area (Å²) in [5.41, 5.74) is 0. The highest BCUT2D eigenvalue weighted by Gasteiger charge is 2.29. The van der Waals surface area contributed by atoms with E-state index in [0.29, 0.717) is 5.92 Å². The van der Waals surface area contributed by atoms with Gasteiger partial charge in [-0.2, -0.15) is 0 Å². The second-order valence-electron chi connectivity index (χ2n) is 3.92. The van der Waals surface area contributed by atoms with Crippen LogP contribution < -0.4 is 5.32 Å². The summed E-state index contributed by atoms with van der Waals surface area (Å²) in [5.74, 6) is 0.405. The third kappa shape index (κ3) is 2.25. The molecule has 1 saturated heterocycles.